The summed E-state index contributed by atoms with van der Waals surface area (Å²) in [4.78, 5) is 15.5. The van der Waals surface area contributed by atoms with Gasteiger partial charge in [0.25, 0.3) is 0 Å². The summed E-state index contributed by atoms with van der Waals surface area (Å²) < 4.78 is 1.10. The number of hydrogen-bond donors (Lipinski definition) is 2. The molecule has 0 bridgehead atoms. The van der Waals surface area contributed by atoms with Gasteiger partial charge in [0.15, 0.2) is 0 Å². The third kappa shape index (κ3) is 10.6. The standard InChI is InChI=1S/C45H27N.C27H18BNO2.C27H16BrN/c1-2-12-29-25-31(22-21-28(29)11-1)45-42-27-40(36-17-7-8-18-38(36)44(42)39-19-9-10-20-43(39)46-45)30-23-24-37-34-15-4-3-13-32(34)33-14-5-6-16-35(33)41(37)26-30;30-28(31)24-16-23-26(21-10-4-3-9-20(21)24)22-11-5-6-12-25(22)29-27(23)19-14-13-17-7-1-2-8-18(17)15-19;28-24-16-23-26(21-10-4-3-9-20(21)24)22-11-5-6-12-25(22)29-27(23)19-14-13-17-7-1-2-8-18(17)15-19/h1-27H;1-16,30-31H;1-16H. The average Bonchev–Trinajstić information content (AvgIpc) is 0.714. The number of fused-ring (bicyclic) bond motifs is 24. The highest BCUT2D eigenvalue weighted by atomic mass is 79.9. The van der Waals surface area contributed by atoms with E-state index in [0.29, 0.717) is 5.46 Å². The molecule has 22 aromatic rings. The van der Waals surface area contributed by atoms with Gasteiger partial charge >= 0.3 is 7.12 Å². The minimum Gasteiger partial charge on any atom is -0.423 e. The number of aromatic nitrogens is 3. The van der Waals surface area contributed by atoms with E-state index in [-0.39, 0.29) is 0 Å². The van der Waals surface area contributed by atoms with Crippen molar-refractivity contribution < 1.29 is 10.0 Å². The maximum absolute atomic E-state index is 10.1. The molecule has 5 nitrogen and oxygen atoms in total. The zero-order valence-corrected chi connectivity index (χ0v) is 58.8. The zero-order valence-electron chi connectivity index (χ0n) is 57.3. The number of rotatable bonds is 5. The molecule has 7 heteroatoms. The minimum atomic E-state index is -1.56. The van der Waals surface area contributed by atoms with Crippen LogP contribution in [0.25, 0.3) is 207 Å². The van der Waals surface area contributed by atoms with E-state index in [9.17, 15) is 10.0 Å². The number of benzene rings is 19. The summed E-state index contributed by atoms with van der Waals surface area (Å²) in [5.41, 5.74) is 12.0. The Bertz CT molecular complexity index is 7390. The Hall–Kier alpha value is -13.0. The van der Waals surface area contributed by atoms with Crippen LogP contribution in [-0.4, -0.2) is 32.1 Å². The van der Waals surface area contributed by atoms with Gasteiger partial charge in [-0.1, -0.05) is 319 Å². The van der Waals surface area contributed by atoms with Crippen LogP contribution in [0.3, 0.4) is 0 Å². The fraction of sp³-hybridized carbons (Fsp3) is 0. The first-order chi connectivity index (χ1) is 52.3. The molecule has 106 heavy (non-hydrogen) atoms. The van der Waals surface area contributed by atoms with Crippen LogP contribution in [0, 0.1) is 0 Å². The van der Waals surface area contributed by atoms with Crippen molar-refractivity contribution >= 4 is 190 Å². The molecule has 0 saturated carbocycles. The predicted octanol–water partition coefficient (Wildman–Crippen LogP) is 25.7. The summed E-state index contributed by atoms with van der Waals surface area (Å²) in [5, 5.41) is 52.3. The lowest BCUT2D eigenvalue weighted by Crippen LogP contribution is -2.30. The monoisotopic (exact) mass is 1410 g/mol. The van der Waals surface area contributed by atoms with E-state index in [1.54, 1.807) is 0 Å². The topological polar surface area (TPSA) is 79.1 Å². The fourth-order valence-electron chi connectivity index (χ4n) is 16.6. The minimum absolute atomic E-state index is 0.488. The molecule has 0 atom stereocenters. The van der Waals surface area contributed by atoms with Crippen molar-refractivity contribution in [3.8, 4) is 44.9 Å². The number of nitrogens with zero attached hydrogens (tertiary/aromatic N) is 3. The van der Waals surface area contributed by atoms with Crippen molar-refractivity contribution in [2.45, 2.75) is 0 Å². The van der Waals surface area contributed by atoms with E-state index in [1.165, 1.54) is 124 Å². The molecule has 0 spiro atoms. The lowest BCUT2D eigenvalue weighted by atomic mass is 9.75. The maximum atomic E-state index is 10.1. The molecule has 0 saturated heterocycles. The van der Waals surface area contributed by atoms with E-state index in [4.69, 9.17) is 15.0 Å². The summed E-state index contributed by atoms with van der Waals surface area (Å²) in [6.07, 6.45) is 0. The van der Waals surface area contributed by atoms with Crippen molar-refractivity contribution in [1.82, 2.24) is 15.0 Å². The molecule has 0 aliphatic heterocycles. The first-order valence-electron chi connectivity index (χ1n) is 35.9. The predicted molar refractivity (Wildman–Crippen MR) is 455 cm³/mol. The van der Waals surface area contributed by atoms with Crippen molar-refractivity contribution in [3.63, 3.8) is 0 Å². The molecule has 0 amide bonds. The Kier molecular flexibility index (Phi) is 15.2. The van der Waals surface area contributed by atoms with Gasteiger partial charge in [-0.3, -0.25) is 0 Å². The largest absolute Gasteiger partial charge is 0.489 e. The second-order valence-electron chi connectivity index (χ2n) is 27.5. The van der Waals surface area contributed by atoms with Gasteiger partial charge in [-0.05, 0) is 168 Å². The van der Waals surface area contributed by atoms with Crippen LogP contribution >= 0.6 is 15.9 Å². The number of hydrogen-bond acceptors (Lipinski definition) is 5. The molecule has 494 valence electrons. The highest BCUT2D eigenvalue weighted by Gasteiger charge is 2.23. The Morgan fingerprint density at radius 2 is 0.509 bits per heavy atom. The van der Waals surface area contributed by atoms with Gasteiger partial charge in [0, 0.05) is 69.6 Å². The summed E-state index contributed by atoms with van der Waals surface area (Å²) in [6, 6.07) is 127. The van der Waals surface area contributed by atoms with Gasteiger partial charge in [0.2, 0.25) is 0 Å². The molecule has 3 heterocycles. The van der Waals surface area contributed by atoms with E-state index in [0.717, 1.165) is 87.1 Å². The summed E-state index contributed by atoms with van der Waals surface area (Å²) in [5.74, 6) is 0. The van der Waals surface area contributed by atoms with Gasteiger partial charge in [0.05, 0.1) is 33.6 Å². The van der Waals surface area contributed by atoms with Crippen molar-refractivity contribution in [3.05, 3.63) is 362 Å². The lowest BCUT2D eigenvalue weighted by Gasteiger charge is -2.17. The first kappa shape index (κ1) is 62.7. The van der Waals surface area contributed by atoms with Crippen LogP contribution in [0.5, 0.6) is 0 Å². The highest BCUT2D eigenvalue weighted by molar-refractivity contribution is 9.10. The number of pyridine rings is 3. The molecule has 3 aromatic heterocycles. The van der Waals surface area contributed by atoms with Crippen LogP contribution in [0.4, 0.5) is 0 Å². The molecular weight excluding hydrogens is 1350 g/mol. The Morgan fingerprint density at radius 3 is 0.943 bits per heavy atom. The number of halogens is 1. The van der Waals surface area contributed by atoms with Crippen LogP contribution in [0.1, 0.15) is 0 Å². The van der Waals surface area contributed by atoms with Gasteiger partial charge < -0.3 is 10.0 Å². The van der Waals surface area contributed by atoms with Crippen molar-refractivity contribution in [2.24, 2.45) is 0 Å². The molecule has 0 aliphatic carbocycles. The second kappa shape index (κ2) is 25.7. The van der Waals surface area contributed by atoms with E-state index >= 15 is 0 Å². The number of para-hydroxylation sites is 3. The van der Waals surface area contributed by atoms with Gasteiger partial charge in [0.1, 0.15) is 0 Å². The molecule has 0 unspecified atom stereocenters. The van der Waals surface area contributed by atoms with E-state index in [1.807, 2.05) is 60.7 Å². The molecule has 0 aliphatic rings. The average molecular weight is 1420 g/mol. The third-order valence-electron chi connectivity index (χ3n) is 21.5. The first-order valence-corrected chi connectivity index (χ1v) is 36.7. The summed E-state index contributed by atoms with van der Waals surface area (Å²) in [7, 11) is -1.56. The van der Waals surface area contributed by atoms with Crippen molar-refractivity contribution in [2.75, 3.05) is 0 Å². The molecule has 19 aromatic carbocycles. The lowest BCUT2D eigenvalue weighted by molar-refractivity contribution is 0.426. The smallest absolute Gasteiger partial charge is 0.423 e. The summed E-state index contributed by atoms with van der Waals surface area (Å²) >= 11 is 3.80. The van der Waals surface area contributed by atoms with Gasteiger partial charge in [-0.15, -0.1) is 0 Å². The molecule has 22 rings (SSSR count). The van der Waals surface area contributed by atoms with Crippen LogP contribution in [-0.2, 0) is 0 Å². The molecule has 2 N–H and O–H groups in total. The molecule has 0 radical (unpaired) electrons. The normalized spacial score (nSPS) is 11.7. The fourth-order valence-corrected chi connectivity index (χ4v) is 17.2. The maximum Gasteiger partial charge on any atom is 0.489 e. The summed E-state index contributed by atoms with van der Waals surface area (Å²) in [6.45, 7) is 0. The second-order valence-corrected chi connectivity index (χ2v) is 28.4. The van der Waals surface area contributed by atoms with Crippen LogP contribution in [0.2, 0.25) is 0 Å². The SMILES string of the molecule is Brc1cc2c(-c3ccc4ccccc4c3)nc3ccccc3c2c2ccccc12.OB(O)c1cc2c(-c3ccc4ccccc4c3)nc3ccccc3c2c2ccccc12.c1ccc2cc(-c3nc4ccccc4c4c3cc(-c3ccc5c6ccccc6c6ccccc6c5c3)c3ccccc34)ccc2c1. The third-order valence-corrected chi connectivity index (χ3v) is 22.2. The Morgan fingerprint density at radius 1 is 0.208 bits per heavy atom. The molecule has 0 fully saturated rings. The van der Waals surface area contributed by atoms with Crippen LogP contribution < -0.4 is 5.46 Å². The zero-order chi connectivity index (χ0) is 70.5. The van der Waals surface area contributed by atoms with Gasteiger partial charge in [-0.2, -0.15) is 0 Å². The van der Waals surface area contributed by atoms with E-state index < -0.39 is 7.12 Å². The highest BCUT2D eigenvalue weighted by Crippen LogP contribution is 2.46. The van der Waals surface area contributed by atoms with Gasteiger partial charge in [-0.25, -0.2) is 15.0 Å². The van der Waals surface area contributed by atoms with Crippen molar-refractivity contribution in [1.29, 1.82) is 0 Å². The Labute approximate surface area is 618 Å². The quantitative estimate of drug-likeness (QED) is 0.133. The Balaban J connectivity index is 0.000000109. The van der Waals surface area contributed by atoms with Crippen LogP contribution in [0.15, 0.2) is 362 Å². The molecular formula is C99H61BBrN3O2. The van der Waals surface area contributed by atoms with E-state index in [2.05, 4.69) is 313 Å².